The molecule has 0 radical (unpaired) electrons. The van der Waals surface area contributed by atoms with Gasteiger partial charge in [0.2, 0.25) is 15.9 Å². The lowest BCUT2D eigenvalue weighted by molar-refractivity contribution is -0.121. The van der Waals surface area contributed by atoms with E-state index in [0.29, 0.717) is 63.1 Å². The largest absolute Gasteiger partial charge is 0.492 e. The van der Waals surface area contributed by atoms with Crippen molar-refractivity contribution in [2.45, 2.75) is 17.7 Å². The summed E-state index contributed by atoms with van der Waals surface area (Å²) in [6.07, 6.45) is 0.839. The van der Waals surface area contributed by atoms with Gasteiger partial charge in [0.25, 0.3) is 0 Å². The summed E-state index contributed by atoms with van der Waals surface area (Å²) in [6.45, 7) is 2.30. The number of nitrogens with zero attached hydrogens (tertiary/aromatic N) is 1. The van der Waals surface area contributed by atoms with Crippen molar-refractivity contribution in [3.8, 4) is 5.75 Å². The van der Waals surface area contributed by atoms with Gasteiger partial charge in [-0.15, -0.1) is 0 Å². The van der Waals surface area contributed by atoms with Crippen LogP contribution < -0.4 is 10.1 Å². The Hall–Kier alpha value is -2.13. The Morgan fingerprint density at radius 1 is 1.13 bits per heavy atom. The van der Waals surface area contributed by atoms with Gasteiger partial charge in [-0.05, 0) is 42.3 Å². The monoisotopic (exact) mass is 452 g/mol. The van der Waals surface area contributed by atoms with Gasteiger partial charge in [-0.2, -0.15) is 4.31 Å². The molecule has 1 heterocycles. The fourth-order valence-corrected chi connectivity index (χ4v) is 4.61. The first-order valence-corrected chi connectivity index (χ1v) is 11.6. The van der Waals surface area contributed by atoms with E-state index in [1.54, 1.807) is 48.5 Å². The average Bonchev–Trinajstić information content (AvgIpc) is 2.76. The highest BCUT2D eigenvalue weighted by Gasteiger charge is 2.26. The molecule has 0 aromatic heterocycles. The molecule has 0 bridgehead atoms. The summed E-state index contributed by atoms with van der Waals surface area (Å²) in [7, 11) is -3.50. The number of benzene rings is 2. The Bertz CT molecular complexity index is 944. The number of aryl methyl sites for hydroxylation is 1. The number of sulfonamides is 1. The van der Waals surface area contributed by atoms with Crippen LogP contribution in [0.4, 0.5) is 0 Å². The topological polar surface area (TPSA) is 84.9 Å². The molecule has 3 rings (SSSR count). The minimum absolute atomic E-state index is 0.0882. The zero-order valence-corrected chi connectivity index (χ0v) is 18.1. The highest BCUT2D eigenvalue weighted by molar-refractivity contribution is 7.89. The van der Waals surface area contributed by atoms with Crippen molar-refractivity contribution in [1.29, 1.82) is 0 Å². The molecular weight excluding hydrogens is 428 g/mol. The van der Waals surface area contributed by atoms with Gasteiger partial charge in [0, 0.05) is 24.5 Å². The summed E-state index contributed by atoms with van der Waals surface area (Å²) in [5.74, 6) is 0.568. The quantitative estimate of drug-likeness (QED) is 0.591. The first-order chi connectivity index (χ1) is 14.4. The van der Waals surface area contributed by atoms with E-state index in [4.69, 9.17) is 21.1 Å². The molecule has 2 aromatic rings. The smallest absolute Gasteiger partial charge is 0.243 e. The number of morpholine rings is 1. The van der Waals surface area contributed by atoms with Crippen LogP contribution in [-0.2, 0) is 26.0 Å². The molecule has 1 aliphatic rings. The van der Waals surface area contributed by atoms with E-state index in [-0.39, 0.29) is 10.8 Å². The van der Waals surface area contributed by atoms with Crippen LogP contribution in [0.25, 0.3) is 0 Å². The van der Waals surface area contributed by atoms with Crippen LogP contribution in [0.3, 0.4) is 0 Å². The van der Waals surface area contributed by atoms with Crippen LogP contribution in [0, 0.1) is 0 Å². The van der Waals surface area contributed by atoms with Crippen LogP contribution in [-0.4, -0.2) is 58.1 Å². The maximum Gasteiger partial charge on any atom is 0.243 e. The van der Waals surface area contributed by atoms with E-state index < -0.39 is 10.0 Å². The second-order valence-electron chi connectivity index (χ2n) is 6.82. The SMILES string of the molecule is O=C(CCc1ccc(S(=O)(=O)N2CCOCC2)cc1)NCCOc1cccc(Cl)c1. The Morgan fingerprint density at radius 3 is 2.57 bits per heavy atom. The van der Waals surface area contributed by atoms with Gasteiger partial charge < -0.3 is 14.8 Å². The van der Waals surface area contributed by atoms with Crippen molar-refractivity contribution in [3.63, 3.8) is 0 Å². The second kappa shape index (κ2) is 10.8. The van der Waals surface area contributed by atoms with Crippen molar-refractivity contribution < 1.29 is 22.7 Å². The molecule has 162 valence electrons. The van der Waals surface area contributed by atoms with E-state index in [2.05, 4.69) is 5.32 Å². The van der Waals surface area contributed by atoms with E-state index >= 15 is 0 Å². The van der Waals surface area contributed by atoms with Crippen LogP contribution in [0.1, 0.15) is 12.0 Å². The summed E-state index contributed by atoms with van der Waals surface area (Å²) in [6, 6.07) is 13.8. The number of hydrogen-bond acceptors (Lipinski definition) is 5. The van der Waals surface area contributed by atoms with Crippen LogP contribution in [0.2, 0.25) is 5.02 Å². The lowest BCUT2D eigenvalue weighted by Crippen LogP contribution is -2.40. The molecule has 0 unspecified atom stereocenters. The van der Waals surface area contributed by atoms with Crippen LogP contribution in [0.5, 0.6) is 5.75 Å². The highest BCUT2D eigenvalue weighted by atomic mass is 35.5. The number of carbonyl (C=O) groups excluding carboxylic acids is 1. The van der Waals surface area contributed by atoms with Gasteiger partial charge in [-0.1, -0.05) is 29.8 Å². The predicted octanol–water partition coefficient (Wildman–Crippen LogP) is 2.49. The first-order valence-electron chi connectivity index (χ1n) is 9.77. The number of rotatable bonds is 9. The third kappa shape index (κ3) is 6.43. The lowest BCUT2D eigenvalue weighted by Gasteiger charge is -2.26. The van der Waals surface area contributed by atoms with E-state index in [0.717, 1.165) is 5.56 Å². The van der Waals surface area contributed by atoms with E-state index in [1.807, 2.05) is 0 Å². The molecule has 0 saturated carbocycles. The summed E-state index contributed by atoms with van der Waals surface area (Å²) in [5.41, 5.74) is 0.904. The number of hydrogen-bond donors (Lipinski definition) is 1. The Labute approximate surface area is 182 Å². The molecule has 9 heteroatoms. The van der Waals surface area contributed by atoms with Crippen molar-refractivity contribution >= 4 is 27.5 Å². The van der Waals surface area contributed by atoms with Gasteiger partial charge in [0.05, 0.1) is 24.7 Å². The van der Waals surface area contributed by atoms with Crippen molar-refractivity contribution in [2.24, 2.45) is 0 Å². The van der Waals surface area contributed by atoms with Gasteiger partial charge in [0.1, 0.15) is 12.4 Å². The Morgan fingerprint density at radius 2 is 1.87 bits per heavy atom. The average molecular weight is 453 g/mol. The molecule has 1 N–H and O–H groups in total. The third-order valence-electron chi connectivity index (χ3n) is 4.66. The van der Waals surface area contributed by atoms with E-state index in [9.17, 15) is 13.2 Å². The summed E-state index contributed by atoms with van der Waals surface area (Å²) < 4.78 is 37.4. The van der Waals surface area contributed by atoms with Gasteiger partial charge in [-0.25, -0.2) is 8.42 Å². The fraction of sp³-hybridized carbons (Fsp3) is 0.381. The number of halogens is 1. The molecule has 1 amide bonds. The minimum atomic E-state index is -3.50. The zero-order valence-electron chi connectivity index (χ0n) is 16.6. The van der Waals surface area contributed by atoms with Gasteiger partial charge in [-0.3, -0.25) is 4.79 Å². The zero-order chi connectivity index (χ0) is 21.4. The standard InChI is InChI=1S/C21H25ClN2O5S/c22-18-2-1-3-19(16-18)29-13-10-23-21(25)9-6-17-4-7-20(8-5-17)30(26,27)24-11-14-28-15-12-24/h1-5,7-8,16H,6,9-15H2,(H,23,25). The summed E-state index contributed by atoms with van der Waals surface area (Å²) in [4.78, 5) is 12.3. The molecule has 30 heavy (non-hydrogen) atoms. The van der Waals surface area contributed by atoms with Crippen molar-refractivity contribution in [1.82, 2.24) is 9.62 Å². The van der Waals surface area contributed by atoms with Gasteiger partial charge >= 0.3 is 0 Å². The number of nitrogens with one attached hydrogen (secondary N) is 1. The Kier molecular flexibility index (Phi) is 8.09. The number of carbonyl (C=O) groups is 1. The van der Waals surface area contributed by atoms with Crippen LogP contribution >= 0.6 is 11.6 Å². The highest BCUT2D eigenvalue weighted by Crippen LogP contribution is 2.18. The number of ether oxygens (including phenoxy) is 2. The lowest BCUT2D eigenvalue weighted by atomic mass is 10.1. The molecule has 0 atom stereocenters. The van der Waals surface area contributed by atoms with Crippen molar-refractivity contribution in [3.05, 3.63) is 59.1 Å². The summed E-state index contributed by atoms with van der Waals surface area (Å²) >= 11 is 5.89. The number of amides is 1. The third-order valence-corrected chi connectivity index (χ3v) is 6.81. The molecular formula is C21H25ClN2O5S. The normalized spacial score (nSPS) is 15.0. The maximum absolute atomic E-state index is 12.6. The fourth-order valence-electron chi connectivity index (χ4n) is 3.03. The second-order valence-corrected chi connectivity index (χ2v) is 9.19. The molecule has 1 aliphatic heterocycles. The molecule has 1 saturated heterocycles. The molecule has 2 aromatic carbocycles. The van der Waals surface area contributed by atoms with Crippen LogP contribution in [0.15, 0.2) is 53.4 Å². The molecule has 0 aliphatic carbocycles. The molecule has 0 spiro atoms. The molecule has 1 fully saturated rings. The predicted molar refractivity (Wildman–Crippen MR) is 114 cm³/mol. The van der Waals surface area contributed by atoms with Gasteiger partial charge in [0.15, 0.2) is 0 Å². The minimum Gasteiger partial charge on any atom is -0.492 e. The summed E-state index contributed by atoms with van der Waals surface area (Å²) in [5, 5.41) is 3.40. The maximum atomic E-state index is 12.6. The van der Waals surface area contributed by atoms with E-state index in [1.165, 1.54) is 4.31 Å². The first kappa shape index (κ1) is 22.6. The Balaban J connectivity index is 1.40. The van der Waals surface area contributed by atoms with Crippen molar-refractivity contribution in [2.75, 3.05) is 39.5 Å². The molecule has 7 nitrogen and oxygen atoms in total.